The van der Waals surface area contributed by atoms with Crippen LogP contribution in [0.2, 0.25) is 0 Å². The fraction of sp³-hybridized carbons (Fsp3) is 0.538. The summed E-state index contributed by atoms with van der Waals surface area (Å²) in [6, 6.07) is 4.24. The second-order valence-electron chi connectivity index (χ2n) is 5.34. The highest BCUT2D eigenvalue weighted by atomic mass is 79.9. The van der Waals surface area contributed by atoms with Gasteiger partial charge in [-0.05, 0) is 60.2 Å². The molecule has 20 heavy (non-hydrogen) atoms. The Bertz CT molecular complexity index is 668. The maximum atomic E-state index is 5.48. The van der Waals surface area contributed by atoms with Gasteiger partial charge in [-0.2, -0.15) is 5.10 Å². The zero-order valence-corrected chi connectivity index (χ0v) is 14.8. The third-order valence-electron chi connectivity index (χ3n) is 3.45. The molecule has 4 nitrogen and oxygen atoms in total. The third-order valence-corrected chi connectivity index (χ3v) is 5.54. The van der Waals surface area contributed by atoms with Crippen molar-refractivity contribution in [3.63, 3.8) is 0 Å². The summed E-state index contributed by atoms with van der Waals surface area (Å²) in [5, 5.41) is 4.69. The van der Waals surface area contributed by atoms with Crippen molar-refractivity contribution in [3.8, 4) is 0 Å². The molecule has 1 aliphatic carbocycles. The van der Waals surface area contributed by atoms with Gasteiger partial charge in [0.15, 0.2) is 4.77 Å². The molecule has 2 aromatic heterocycles. The first kappa shape index (κ1) is 14.4. The molecule has 3 rings (SSSR count). The van der Waals surface area contributed by atoms with Crippen molar-refractivity contribution >= 4 is 39.5 Å². The predicted molar refractivity (Wildman–Crippen MR) is 87.5 cm³/mol. The molecule has 1 aliphatic rings. The van der Waals surface area contributed by atoms with Crippen LogP contribution in [-0.2, 0) is 20.3 Å². The van der Waals surface area contributed by atoms with Gasteiger partial charge in [-0.25, -0.2) is 4.68 Å². The van der Waals surface area contributed by atoms with Crippen LogP contribution in [0.5, 0.6) is 0 Å². The minimum absolute atomic E-state index is 0.626. The van der Waals surface area contributed by atoms with Crippen LogP contribution in [0.4, 0.5) is 0 Å². The summed E-state index contributed by atoms with van der Waals surface area (Å²) in [4.78, 5) is 3.57. The van der Waals surface area contributed by atoms with E-state index in [1.54, 1.807) is 11.3 Å². The molecule has 2 aromatic rings. The summed E-state index contributed by atoms with van der Waals surface area (Å²) in [6.07, 6.45) is 2.50. The van der Waals surface area contributed by atoms with E-state index in [1.165, 1.54) is 21.5 Å². The number of hydrogen-bond acceptors (Lipinski definition) is 4. The van der Waals surface area contributed by atoms with E-state index in [-0.39, 0.29) is 0 Å². The maximum Gasteiger partial charge on any atom is 0.198 e. The molecule has 0 spiro atoms. The van der Waals surface area contributed by atoms with Crippen molar-refractivity contribution in [1.82, 2.24) is 19.2 Å². The number of aromatic nitrogens is 3. The fourth-order valence-corrected chi connectivity index (χ4v) is 4.03. The molecule has 0 saturated heterocycles. The second-order valence-corrected chi connectivity index (χ2v) is 8.25. The van der Waals surface area contributed by atoms with Crippen LogP contribution in [0.3, 0.4) is 0 Å². The number of halogens is 1. The van der Waals surface area contributed by atoms with Crippen molar-refractivity contribution in [2.45, 2.75) is 32.0 Å². The monoisotopic (exact) mass is 372 g/mol. The van der Waals surface area contributed by atoms with Gasteiger partial charge in [0.2, 0.25) is 0 Å². The predicted octanol–water partition coefficient (Wildman–Crippen LogP) is 3.74. The molecule has 1 saturated carbocycles. The van der Waals surface area contributed by atoms with Crippen LogP contribution in [0.25, 0.3) is 0 Å². The summed E-state index contributed by atoms with van der Waals surface area (Å²) in [5.41, 5.74) is 0. The molecular weight excluding hydrogens is 356 g/mol. The van der Waals surface area contributed by atoms with Crippen LogP contribution in [0.15, 0.2) is 15.9 Å². The number of rotatable bonds is 5. The van der Waals surface area contributed by atoms with E-state index < -0.39 is 0 Å². The number of thiophene rings is 1. The first-order chi connectivity index (χ1) is 9.54. The highest BCUT2D eigenvalue weighted by Crippen LogP contribution is 2.38. The molecule has 0 N–H and O–H groups in total. The van der Waals surface area contributed by atoms with Crippen LogP contribution < -0.4 is 0 Å². The maximum absolute atomic E-state index is 5.48. The molecule has 0 unspecified atom stereocenters. The van der Waals surface area contributed by atoms with Gasteiger partial charge >= 0.3 is 0 Å². The molecule has 0 amide bonds. The standard InChI is InChI=1S/C13H17BrN4S2/c1-16(7-10-5-6-11(14)20-10)8-18-13(19)17(2)12(15-18)9-3-4-9/h5-6,9H,3-4,7-8H2,1-2H3. The Morgan fingerprint density at radius 1 is 1.50 bits per heavy atom. The zero-order valence-electron chi connectivity index (χ0n) is 11.5. The van der Waals surface area contributed by atoms with Gasteiger partial charge in [-0.1, -0.05) is 0 Å². The van der Waals surface area contributed by atoms with Gasteiger partial charge < -0.3 is 4.57 Å². The minimum atomic E-state index is 0.626. The Kier molecular flexibility index (Phi) is 4.12. The van der Waals surface area contributed by atoms with E-state index in [4.69, 9.17) is 12.2 Å². The summed E-state index contributed by atoms with van der Waals surface area (Å²) < 4.78 is 5.98. The molecule has 0 radical (unpaired) electrons. The number of hydrogen-bond donors (Lipinski definition) is 0. The van der Waals surface area contributed by atoms with Crippen molar-refractivity contribution in [1.29, 1.82) is 0 Å². The van der Waals surface area contributed by atoms with E-state index in [2.05, 4.69) is 49.7 Å². The summed E-state index contributed by atoms with van der Waals surface area (Å²) >= 11 is 10.7. The highest BCUT2D eigenvalue weighted by Gasteiger charge is 2.29. The second kappa shape index (κ2) is 5.71. The smallest absolute Gasteiger partial charge is 0.198 e. The fourth-order valence-electron chi connectivity index (χ4n) is 2.28. The van der Waals surface area contributed by atoms with Gasteiger partial charge in [0.1, 0.15) is 5.82 Å². The Labute approximate surface area is 136 Å². The molecule has 0 bridgehead atoms. The lowest BCUT2D eigenvalue weighted by atomic mass is 10.4. The average Bonchev–Trinajstić information content (AvgIpc) is 3.11. The van der Waals surface area contributed by atoms with Crippen LogP contribution in [-0.4, -0.2) is 26.3 Å². The Morgan fingerprint density at radius 2 is 2.25 bits per heavy atom. The molecule has 0 atom stereocenters. The van der Waals surface area contributed by atoms with Crippen molar-refractivity contribution in [2.75, 3.05) is 7.05 Å². The van der Waals surface area contributed by atoms with Gasteiger partial charge in [0.25, 0.3) is 0 Å². The molecule has 2 heterocycles. The molecule has 108 valence electrons. The first-order valence-electron chi connectivity index (χ1n) is 6.61. The highest BCUT2D eigenvalue weighted by molar-refractivity contribution is 9.11. The average molecular weight is 373 g/mol. The topological polar surface area (TPSA) is 26.0 Å². The molecule has 0 aliphatic heterocycles. The largest absolute Gasteiger partial charge is 0.307 e. The first-order valence-corrected chi connectivity index (χ1v) is 8.63. The van der Waals surface area contributed by atoms with E-state index in [9.17, 15) is 0 Å². The Morgan fingerprint density at radius 3 is 2.85 bits per heavy atom. The lowest BCUT2D eigenvalue weighted by Gasteiger charge is -2.15. The minimum Gasteiger partial charge on any atom is -0.307 e. The van der Waals surface area contributed by atoms with E-state index in [1.807, 2.05) is 11.7 Å². The normalized spacial score (nSPS) is 15.2. The molecule has 0 aromatic carbocycles. The number of nitrogens with zero attached hydrogens (tertiary/aromatic N) is 4. The Hall–Kier alpha value is -0.500. The molecule has 7 heteroatoms. The summed E-state index contributed by atoms with van der Waals surface area (Å²) in [5.74, 6) is 1.77. The Balaban J connectivity index is 1.71. The van der Waals surface area contributed by atoms with E-state index in [0.29, 0.717) is 5.92 Å². The molecular formula is C13H17BrN4S2. The van der Waals surface area contributed by atoms with Crippen molar-refractivity contribution in [3.05, 3.63) is 31.4 Å². The summed E-state index contributed by atoms with van der Waals surface area (Å²) in [7, 11) is 4.12. The van der Waals surface area contributed by atoms with E-state index in [0.717, 1.165) is 23.8 Å². The third kappa shape index (κ3) is 3.05. The lowest BCUT2D eigenvalue weighted by Crippen LogP contribution is -2.22. The van der Waals surface area contributed by atoms with Gasteiger partial charge in [0.05, 0.1) is 10.5 Å². The SMILES string of the molecule is CN(Cc1ccc(Br)s1)Cn1nc(C2CC2)n(C)c1=S. The molecule has 1 fully saturated rings. The van der Waals surface area contributed by atoms with Crippen molar-refractivity contribution < 1.29 is 0 Å². The summed E-state index contributed by atoms with van der Waals surface area (Å²) in [6.45, 7) is 1.64. The van der Waals surface area contributed by atoms with Gasteiger partial charge in [0, 0.05) is 24.4 Å². The van der Waals surface area contributed by atoms with Crippen LogP contribution >= 0.6 is 39.5 Å². The van der Waals surface area contributed by atoms with Crippen LogP contribution in [0.1, 0.15) is 29.5 Å². The van der Waals surface area contributed by atoms with Crippen molar-refractivity contribution in [2.24, 2.45) is 7.05 Å². The quantitative estimate of drug-likeness (QED) is 0.747. The van der Waals surface area contributed by atoms with Gasteiger partial charge in [-0.3, -0.25) is 4.90 Å². The zero-order chi connectivity index (χ0) is 14.3. The van der Waals surface area contributed by atoms with Crippen LogP contribution in [0, 0.1) is 4.77 Å². The van der Waals surface area contributed by atoms with E-state index >= 15 is 0 Å². The lowest BCUT2D eigenvalue weighted by molar-refractivity contribution is 0.245. The van der Waals surface area contributed by atoms with Gasteiger partial charge in [-0.15, -0.1) is 11.3 Å².